The Morgan fingerprint density at radius 3 is 2.62 bits per heavy atom. The van der Waals surface area contributed by atoms with E-state index in [2.05, 4.69) is 10.4 Å². The molecule has 0 aliphatic rings. The van der Waals surface area contributed by atoms with Crippen molar-refractivity contribution >= 4 is 12.4 Å². The van der Waals surface area contributed by atoms with Crippen LogP contribution in [-0.2, 0) is 13.6 Å². The van der Waals surface area contributed by atoms with Crippen LogP contribution in [0.4, 0.5) is 4.39 Å². The normalized spacial score (nSPS) is 10.2. The molecule has 0 aromatic carbocycles. The van der Waals surface area contributed by atoms with Crippen molar-refractivity contribution < 1.29 is 9.50 Å². The lowest BCUT2D eigenvalue weighted by atomic mass is 10.2. The van der Waals surface area contributed by atoms with Gasteiger partial charge in [-0.1, -0.05) is 0 Å². The Balaban J connectivity index is 0.00000225. The second kappa shape index (κ2) is 7.60. The number of aromatic nitrogens is 2. The molecule has 0 bridgehead atoms. The van der Waals surface area contributed by atoms with Crippen LogP contribution in [0.3, 0.4) is 0 Å². The van der Waals surface area contributed by atoms with Crippen molar-refractivity contribution in [3.63, 3.8) is 0 Å². The number of aliphatic hydroxyl groups is 1. The molecule has 16 heavy (non-hydrogen) atoms. The standard InChI is InChI=1S/C10H18FN3O.ClH/c1-8-9(10(11)14(2)13-8)7-12-5-3-4-6-15;/h12,15H,3-7H2,1-2H3;1H. The maximum atomic E-state index is 13.4. The molecule has 0 fully saturated rings. The number of hydrogen-bond acceptors (Lipinski definition) is 3. The van der Waals surface area contributed by atoms with Crippen LogP contribution < -0.4 is 5.32 Å². The van der Waals surface area contributed by atoms with E-state index in [1.807, 2.05) is 0 Å². The third-order valence-electron chi connectivity index (χ3n) is 2.33. The number of aryl methyl sites for hydroxylation is 2. The zero-order chi connectivity index (χ0) is 11.3. The first-order valence-corrected chi connectivity index (χ1v) is 5.16. The summed E-state index contributed by atoms with van der Waals surface area (Å²) in [6.45, 7) is 3.29. The number of halogens is 2. The number of nitrogens with one attached hydrogen (secondary N) is 1. The Hall–Kier alpha value is -0.650. The molecular formula is C10H19ClFN3O. The smallest absolute Gasteiger partial charge is 0.215 e. The van der Waals surface area contributed by atoms with E-state index in [0.29, 0.717) is 12.1 Å². The fourth-order valence-corrected chi connectivity index (χ4v) is 1.45. The molecule has 0 spiro atoms. The molecule has 0 unspecified atom stereocenters. The summed E-state index contributed by atoms with van der Waals surface area (Å²) < 4.78 is 14.7. The predicted molar refractivity (Wildman–Crippen MR) is 63.2 cm³/mol. The highest BCUT2D eigenvalue weighted by Gasteiger charge is 2.11. The van der Waals surface area contributed by atoms with E-state index in [1.54, 1.807) is 14.0 Å². The van der Waals surface area contributed by atoms with Gasteiger partial charge in [0, 0.05) is 25.8 Å². The lowest BCUT2D eigenvalue weighted by Crippen LogP contribution is -2.16. The SMILES string of the molecule is Cc1nn(C)c(F)c1CNCCCCO.Cl. The third-order valence-corrected chi connectivity index (χ3v) is 2.33. The molecule has 2 N–H and O–H groups in total. The Bertz CT molecular complexity index is 317. The van der Waals surface area contributed by atoms with Gasteiger partial charge in [-0.15, -0.1) is 12.4 Å². The molecule has 0 atom stereocenters. The topological polar surface area (TPSA) is 50.1 Å². The monoisotopic (exact) mass is 251 g/mol. The summed E-state index contributed by atoms with van der Waals surface area (Å²) in [5, 5.41) is 15.7. The summed E-state index contributed by atoms with van der Waals surface area (Å²) in [7, 11) is 1.59. The number of rotatable bonds is 6. The fraction of sp³-hybridized carbons (Fsp3) is 0.700. The van der Waals surface area contributed by atoms with Crippen molar-refractivity contribution in [1.29, 1.82) is 0 Å². The maximum Gasteiger partial charge on any atom is 0.215 e. The second-order valence-corrected chi connectivity index (χ2v) is 3.59. The Morgan fingerprint density at radius 1 is 1.44 bits per heavy atom. The highest BCUT2D eigenvalue weighted by atomic mass is 35.5. The summed E-state index contributed by atoms with van der Waals surface area (Å²) in [5.41, 5.74) is 1.35. The summed E-state index contributed by atoms with van der Waals surface area (Å²) in [5.74, 6) is -0.276. The average molecular weight is 252 g/mol. The zero-order valence-electron chi connectivity index (χ0n) is 9.66. The van der Waals surface area contributed by atoms with E-state index >= 15 is 0 Å². The van der Waals surface area contributed by atoms with Crippen LogP contribution in [0.15, 0.2) is 0 Å². The van der Waals surface area contributed by atoms with E-state index in [-0.39, 0.29) is 25.0 Å². The fourth-order valence-electron chi connectivity index (χ4n) is 1.45. The van der Waals surface area contributed by atoms with E-state index in [0.717, 1.165) is 25.1 Å². The minimum Gasteiger partial charge on any atom is -0.396 e. The molecule has 0 radical (unpaired) electrons. The molecule has 1 aromatic heterocycles. The van der Waals surface area contributed by atoms with Gasteiger partial charge in [0.15, 0.2) is 0 Å². The van der Waals surface area contributed by atoms with Crippen LogP contribution in [-0.4, -0.2) is 28.0 Å². The molecule has 94 valence electrons. The number of hydrogen-bond donors (Lipinski definition) is 2. The molecule has 1 rings (SSSR count). The van der Waals surface area contributed by atoms with Crippen molar-refractivity contribution in [2.75, 3.05) is 13.2 Å². The second-order valence-electron chi connectivity index (χ2n) is 3.59. The van der Waals surface area contributed by atoms with Crippen molar-refractivity contribution in [2.45, 2.75) is 26.3 Å². The predicted octanol–water partition coefficient (Wildman–Crippen LogP) is 1.15. The van der Waals surface area contributed by atoms with E-state index in [1.165, 1.54) is 4.68 Å². The minimum atomic E-state index is -0.276. The van der Waals surface area contributed by atoms with Gasteiger partial charge < -0.3 is 10.4 Å². The van der Waals surface area contributed by atoms with Gasteiger partial charge in [-0.05, 0) is 26.3 Å². The van der Waals surface area contributed by atoms with E-state index in [9.17, 15) is 4.39 Å². The van der Waals surface area contributed by atoms with Gasteiger partial charge in [-0.2, -0.15) is 9.49 Å². The molecular weight excluding hydrogens is 233 g/mol. The summed E-state index contributed by atoms with van der Waals surface area (Å²) in [4.78, 5) is 0. The summed E-state index contributed by atoms with van der Waals surface area (Å²) in [6.07, 6.45) is 1.68. The molecule has 0 saturated heterocycles. The zero-order valence-corrected chi connectivity index (χ0v) is 10.5. The molecule has 1 heterocycles. The van der Waals surface area contributed by atoms with Gasteiger partial charge in [0.2, 0.25) is 5.95 Å². The number of aliphatic hydroxyl groups excluding tert-OH is 1. The quantitative estimate of drug-likeness (QED) is 0.746. The lowest BCUT2D eigenvalue weighted by Gasteiger charge is -2.03. The lowest BCUT2D eigenvalue weighted by molar-refractivity contribution is 0.283. The van der Waals surface area contributed by atoms with Crippen LogP contribution >= 0.6 is 12.4 Å². The Kier molecular flexibility index (Phi) is 7.29. The average Bonchev–Trinajstić information content (AvgIpc) is 2.44. The Labute approximate surface area is 101 Å². The van der Waals surface area contributed by atoms with Crippen LogP contribution in [0.2, 0.25) is 0 Å². The van der Waals surface area contributed by atoms with Crippen LogP contribution in [0.5, 0.6) is 0 Å². The number of nitrogens with zero attached hydrogens (tertiary/aromatic N) is 2. The Morgan fingerprint density at radius 2 is 2.12 bits per heavy atom. The summed E-state index contributed by atoms with van der Waals surface area (Å²) >= 11 is 0. The largest absolute Gasteiger partial charge is 0.396 e. The van der Waals surface area contributed by atoms with Crippen LogP contribution in [0, 0.1) is 12.9 Å². The molecule has 6 heteroatoms. The van der Waals surface area contributed by atoms with Crippen molar-refractivity contribution in [3.05, 3.63) is 17.2 Å². The van der Waals surface area contributed by atoms with Gasteiger partial charge in [0.25, 0.3) is 0 Å². The van der Waals surface area contributed by atoms with Crippen LogP contribution in [0.1, 0.15) is 24.1 Å². The van der Waals surface area contributed by atoms with Crippen molar-refractivity contribution in [3.8, 4) is 0 Å². The van der Waals surface area contributed by atoms with Gasteiger partial charge in [-0.25, -0.2) is 4.68 Å². The molecule has 4 nitrogen and oxygen atoms in total. The molecule has 1 aromatic rings. The number of unbranched alkanes of at least 4 members (excludes halogenated alkanes) is 1. The first-order chi connectivity index (χ1) is 7.16. The van der Waals surface area contributed by atoms with Crippen molar-refractivity contribution in [2.24, 2.45) is 7.05 Å². The van der Waals surface area contributed by atoms with Gasteiger partial charge in [0.1, 0.15) is 0 Å². The van der Waals surface area contributed by atoms with Crippen molar-refractivity contribution in [1.82, 2.24) is 15.1 Å². The minimum absolute atomic E-state index is 0. The molecule has 0 aliphatic carbocycles. The maximum absolute atomic E-state index is 13.4. The molecule has 0 aliphatic heterocycles. The van der Waals surface area contributed by atoms with Crippen LogP contribution in [0.25, 0.3) is 0 Å². The highest BCUT2D eigenvalue weighted by molar-refractivity contribution is 5.85. The highest BCUT2D eigenvalue weighted by Crippen LogP contribution is 2.10. The molecule has 0 saturated carbocycles. The third kappa shape index (κ3) is 4.08. The van der Waals surface area contributed by atoms with Gasteiger partial charge >= 0.3 is 0 Å². The summed E-state index contributed by atoms with van der Waals surface area (Å²) in [6, 6.07) is 0. The van der Waals surface area contributed by atoms with E-state index < -0.39 is 0 Å². The van der Waals surface area contributed by atoms with Gasteiger partial charge in [0.05, 0.1) is 5.69 Å². The van der Waals surface area contributed by atoms with Gasteiger partial charge in [-0.3, -0.25) is 0 Å². The van der Waals surface area contributed by atoms with E-state index in [4.69, 9.17) is 5.11 Å². The molecule has 0 amide bonds. The first-order valence-electron chi connectivity index (χ1n) is 5.16. The first kappa shape index (κ1) is 15.3.